The minimum atomic E-state index is 0.0338. The molecule has 3 heteroatoms. The topological polar surface area (TPSA) is 21.3 Å². The van der Waals surface area contributed by atoms with Gasteiger partial charge in [0.1, 0.15) is 11.9 Å². The Kier molecular flexibility index (Phi) is 5.83. The molecule has 112 valence electrons. The van der Waals surface area contributed by atoms with Gasteiger partial charge in [0.05, 0.1) is 0 Å². The summed E-state index contributed by atoms with van der Waals surface area (Å²) in [5.74, 6) is 0.982. The Hall–Kier alpha value is -1.32. The van der Waals surface area contributed by atoms with Crippen molar-refractivity contribution in [2.24, 2.45) is 0 Å². The zero-order valence-electron chi connectivity index (χ0n) is 12.8. The standard InChI is InChI=1S/C18H22BrNO/c1-4-20-12-16-11-17(19)10-13(2)18(16)21-14(3)15-8-6-5-7-9-15/h5-11,14,20H,4,12H2,1-3H3. The van der Waals surface area contributed by atoms with Crippen molar-refractivity contribution in [2.75, 3.05) is 6.54 Å². The highest BCUT2D eigenvalue weighted by atomic mass is 79.9. The lowest BCUT2D eigenvalue weighted by Crippen LogP contribution is -2.14. The van der Waals surface area contributed by atoms with E-state index < -0.39 is 0 Å². The second kappa shape index (κ2) is 7.62. The van der Waals surface area contributed by atoms with Crippen LogP contribution in [0.5, 0.6) is 5.75 Å². The van der Waals surface area contributed by atoms with E-state index in [4.69, 9.17) is 4.74 Å². The highest BCUT2D eigenvalue weighted by Gasteiger charge is 2.13. The lowest BCUT2D eigenvalue weighted by atomic mass is 10.1. The van der Waals surface area contributed by atoms with E-state index in [1.54, 1.807) is 0 Å². The summed E-state index contributed by atoms with van der Waals surface area (Å²) in [4.78, 5) is 0. The fourth-order valence-electron chi connectivity index (χ4n) is 2.33. The Labute approximate surface area is 135 Å². The van der Waals surface area contributed by atoms with E-state index in [1.807, 2.05) is 18.2 Å². The van der Waals surface area contributed by atoms with Crippen molar-refractivity contribution in [1.29, 1.82) is 0 Å². The molecule has 2 nitrogen and oxygen atoms in total. The average molecular weight is 348 g/mol. The summed E-state index contributed by atoms with van der Waals surface area (Å²) in [5.41, 5.74) is 3.53. The van der Waals surface area contributed by atoms with Gasteiger partial charge in [0.25, 0.3) is 0 Å². The number of benzene rings is 2. The van der Waals surface area contributed by atoms with E-state index in [9.17, 15) is 0 Å². The Morgan fingerprint density at radius 3 is 2.57 bits per heavy atom. The molecule has 0 aliphatic heterocycles. The van der Waals surface area contributed by atoms with Crippen LogP contribution in [0.2, 0.25) is 0 Å². The van der Waals surface area contributed by atoms with E-state index in [0.29, 0.717) is 0 Å². The van der Waals surface area contributed by atoms with Crippen molar-refractivity contribution in [3.8, 4) is 5.75 Å². The molecule has 0 aliphatic carbocycles. The number of hydrogen-bond donors (Lipinski definition) is 1. The van der Waals surface area contributed by atoms with Crippen molar-refractivity contribution in [2.45, 2.75) is 33.4 Å². The Morgan fingerprint density at radius 2 is 1.90 bits per heavy atom. The molecule has 0 radical (unpaired) electrons. The molecule has 0 heterocycles. The zero-order valence-corrected chi connectivity index (χ0v) is 14.4. The fraction of sp³-hybridized carbons (Fsp3) is 0.333. The van der Waals surface area contributed by atoms with Gasteiger partial charge in [0, 0.05) is 16.6 Å². The van der Waals surface area contributed by atoms with Gasteiger partial charge >= 0.3 is 0 Å². The Morgan fingerprint density at radius 1 is 1.19 bits per heavy atom. The van der Waals surface area contributed by atoms with Crippen molar-refractivity contribution < 1.29 is 4.74 Å². The van der Waals surface area contributed by atoms with Crippen molar-refractivity contribution in [1.82, 2.24) is 5.32 Å². The van der Waals surface area contributed by atoms with Crippen LogP contribution < -0.4 is 10.1 Å². The molecular formula is C18H22BrNO. The molecule has 1 N–H and O–H groups in total. The largest absolute Gasteiger partial charge is 0.485 e. The number of ether oxygens (including phenoxy) is 1. The summed E-state index contributed by atoms with van der Waals surface area (Å²) in [5, 5.41) is 3.37. The molecule has 0 spiro atoms. The van der Waals surface area contributed by atoms with E-state index in [2.05, 4.69) is 66.3 Å². The molecule has 0 aliphatic rings. The molecule has 1 unspecified atom stereocenters. The number of nitrogens with one attached hydrogen (secondary N) is 1. The van der Waals surface area contributed by atoms with Crippen molar-refractivity contribution in [3.05, 3.63) is 63.6 Å². The maximum atomic E-state index is 6.25. The first kappa shape index (κ1) is 16.1. The third-order valence-electron chi connectivity index (χ3n) is 3.45. The van der Waals surface area contributed by atoms with Crippen LogP contribution in [0, 0.1) is 6.92 Å². The summed E-state index contributed by atoms with van der Waals surface area (Å²) in [6, 6.07) is 14.5. The van der Waals surface area contributed by atoms with Crippen LogP contribution in [0.1, 0.15) is 36.6 Å². The molecule has 0 bridgehead atoms. The molecule has 0 fully saturated rings. The van der Waals surface area contributed by atoms with Gasteiger partial charge in [-0.15, -0.1) is 0 Å². The number of rotatable bonds is 6. The van der Waals surface area contributed by atoms with E-state index in [-0.39, 0.29) is 6.10 Å². The first-order chi connectivity index (χ1) is 10.1. The van der Waals surface area contributed by atoms with Crippen LogP contribution in [-0.4, -0.2) is 6.54 Å². The molecule has 2 aromatic carbocycles. The van der Waals surface area contributed by atoms with Gasteiger partial charge in [-0.3, -0.25) is 0 Å². The van der Waals surface area contributed by atoms with Crippen LogP contribution in [0.25, 0.3) is 0 Å². The van der Waals surface area contributed by atoms with E-state index in [0.717, 1.165) is 28.9 Å². The molecular weight excluding hydrogens is 326 g/mol. The maximum Gasteiger partial charge on any atom is 0.127 e. The van der Waals surface area contributed by atoms with Crippen molar-refractivity contribution in [3.63, 3.8) is 0 Å². The van der Waals surface area contributed by atoms with Crippen molar-refractivity contribution >= 4 is 15.9 Å². The lowest BCUT2D eigenvalue weighted by molar-refractivity contribution is 0.222. The number of aryl methyl sites for hydroxylation is 1. The van der Waals surface area contributed by atoms with Gasteiger partial charge in [-0.05, 0) is 43.7 Å². The quantitative estimate of drug-likeness (QED) is 0.793. The van der Waals surface area contributed by atoms with E-state index in [1.165, 1.54) is 11.1 Å². The third-order valence-corrected chi connectivity index (χ3v) is 3.90. The highest BCUT2D eigenvalue weighted by Crippen LogP contribution is 2.31. The number of hydrogen-bond acceptors (Lipinski definition) is 2. The van der Waals surface area contributed by atoms with Crippen LogP contribution >= 0.6 is 15.9 Å². The highest BCUT2D eigenvalue weighted by molar-refractivity contribution is 9.10. The molecule has 0 aromatic heterocycles. The minimum Gasteiger partial charge on any atom is -0.485 e. The van der Waals surface area contributed by atoms with Crippen LogP contribution in [0.15, 0.2) is 46.9 Å². The molecule has 21 heavy (non-hydrogen) atoms. The number of halogens is 1. The fourth-order valence-corrected chi connectivity index (χ4v) is 2.95. The van der Waals surface area contributed by atoms with Gasteiger partial charge in [-0.1, -0.05) is 53.2 Å². The Bertz CT molecular complexity index is 583. The maximum absolute atomic E-state index is 6.25. The summed E-state index contributed by atoms with van der Waals surface area (Å²) < 4.78 is 7.34. The molecule has 2 rings (SSSR count). The molecule has 1 atom stereocenters. The summed E-state index contributed by atoms with van der Waals surface area (Å²) in [6.07, 6.45) is 0.0338. The molecule has 2 aromatic rings. The smallest absolute Gasteiger partial charge is 0.127 e. The van der Waals surface area contributed by atoms with E-state index >= 15 is 0 Å². The van der Waals surface area contributed by atoms with Gasteiger partial charge < -0.3 is 10.1 Å². The van der Waals surface area contributed by atoms with Crippen LogP contribution in [-0.2, 0) is 6.54 Å². The Balaban J connectivity index is 2.25. The normalized spacial score (nSPS) is 12.2. The monoisotopic (exact) mass is 347 g/mol. The molecule has 0 saturated heterocycles. The van der Waals surface area contributed by atoms with Gasteiger partial charge in [0.15, 0.2) is 0 Å². The van der Waals surface area contributed by atoms with Gasteiger partial charge in [0.2, 0.25) is 0 Å². The third kappa shape index (κ3) is 4.32. The molecule has 0 saturated carbocycles. The van der Waals surface area contributed by atoms with Gasteiger partial charge in [-0.25, -0.2) is 0 Å². The second-order valence-corrected chi connectivity index (χ2v) is 6.08. The minimum absolute atomic E-state index is 0.0338. The SMILES string of the molecule is CCNCc1cc(Br)cc(C)c1OC(C)c1ccccc1. The second-order valence-electron chi connectivity index (χ2n) is 5.16. The predicted molar refractivity (Wildman–Crippen MR) is 91.7 cm³/mol. The molecule has 0 amide bonds. The summed E-state index contributed by atoms with van der Waals surface area (Å²) in [6.45, 7) is 8.05. The average Bonchev–Trinajstić information content (AvgIpc) is 2.48. The zero-order chi connectivity index (χ0) is 15.2. The van der Waals surface area contributed by atoms with Crippen LogP contribution in [0.4, 0.5) is 0 Å². The summed E-state index contributed by atoms with van der Waals surface area (Å²) in [7, 11) is 0. The first-order valence-corrected chi connectivity index (χ1v) is 8.12. The van der Waals surface area contributed by atoms with Gasteiger partial charge in [-0.2, -0.15) is 0 Å². The lowest BCUT2D eigenvalue weighted by Gasteiger charge is -2.20. The first-order valence-electron chi connectivity index (χ1n) is 7.33. The van der Waals surface area contributed by atoms with Crippen LogP contribution in [0.3, 0.4) is 0 Å². The predicted octanol–water partition coefficient (Wildman–Crippen LogP) is 5.01. The summed E-state index contributed by atoms with van der Waals surface area (Å²) >= 11 is 3.57.